The number of ether oxygens (including phenoxy) is 1. The highest BCUT2D eigenvalue weighted by atomic mass is 16.5. The molecular weight excluding hydrogens is 270 g/mol. The molecule has 1 aliphatic heterocycles. The molecule has 21 heavy (non-hydrogen) atoms. The van der Waals surface area contributed by atoms with Crippen LogP contribution in [0.2, 0.25) is 0 Å². The van der Waals surface area contributed by atoms with E-state index in [0.717, 1.165) is 39.3 Å². The van der Waals surface area contributed by atoms with Crippen molar-refractivity contribution in [3.8, 4) is 0 Å². The second-order valence-corrected chi connectivity index (χ2v) is 5.52. The summed E-state index contributed by atoms with van der Waals surface area (Å²) in [4.78, 5) is 27.4. The minimum Gasteiger partial charge on any atom is -0.379 e. The average molecular weight is 299 g/mol. The highest BCUT2D eigenvalue weighted by molar-refractivity contribution is 5.78. The molecule has 1 saturated heterocycles. The van der Waals surface area contributed by atoms with Crippen molar-refractivity contribution in [1.82, 2.24) is 15.1 Å². The number of nitrogens with zero attached hydrogens (tertiary/aromatic N) is 2. The molecule has 1 atom stereocenters. The highest BCUT2D eigenvalue weighted by Crippen LogP contribution is 2.05. The summed E-state index contributed by atoms with van der Waals surface area (Å²) in [5, 5.41) is 2.92. The predicted octanol–water partition coefficient (Wildman–Crippen LogP) is 0.472. The number of hydrogen-bond acceptors (Lipinski definition) is 4. The molecule has 0 spiro atoms. The Hall–Kier alpha value is -1.14. The monoisotopic (exact) mass is 299 g/mol. The number of amides is 2. The zero-order valence-electron chi connectivity index (χ0n) is 13.6. The molecule has 0 aliphatic carbocycles. The van der Waals surface area contributed by atoms with Crippen LogP contribution in [-0.2, 0) is 14.3 Å². The SMILES string of the molecule is CCC(C)N(CCC(=O)NCCN1CCOCC1)C(C)=O. The average Bonchev–Trinajstić information content (AvgIpc) is 2.47. The number of hydrogen-bond donors (Lipinski definition) is 1. The number of carbonyl (C=O) groups is 2. The van der Waals surface area contributed by atoms with E-state index in [9.17, 15) is 9.59 Å². The standard InChI is InChI=1S/C15H29N3O3/c1-4-13(2)18(14(3)19)7-5-15(20)16-6-8-17-9-11-21-12-10-17/h13H,4-12H2,1-3H3,(H,16,20). The van der Waals surface area contributed by atoms with Gasteiger partial charge in [0.1, 0.15) is 0 Å². The Morgan fingerprint density at radius 2 is 2.00 bits per heavy atom. The van der Waals surface area contributed by atoms with Gasteiger partial charge in [-0.3, -0.25) is 14.5 Å². The highest BCUT2D eigenvalue weighted by Gasteiger charge is 2.16. The zero-order chi connectivity index (χ0) is 15.7. The smallest absolute Gasteiger partial charge is 0.221 e. The molecule has 2 amide bonds. The molecule has 0 aromatic heterocycles. The third-order valence-corrected chi connectivity index (χ3v) is 3.96. The van der Waals surface area contributed by atoms with Crippen molar-refractivity contribution >= 4 is 11.8 Å². The summed E-state index contributed by atoms with van der Waals surface area (Å²) >= 11 is 0. The summed E-state index contributed by atoms with van der Waals surface area (Å²) in [7, 11) is 0. The van der Waals surface area contributed by atoms with Gasteiger partial charge < -0.3 is 15.0 Å². The van der Waals surface area contributed by atoms with Crippen LogP contribution < -0.4 is 5.32 Å². The molecule has 1 aliphatic rings. The van der Waals surface area contributed by atoms with Crippen LogP contribution in [-0.4, -0.2) is 73.6 Å². The minimum atomic E-state index is 0.0119. The Morgan fingerprint density at radius 3 is 2.57 bits per heavy atom. The summed E-state index contributed by atoms with van der Waals surface area (Å²) in [5.74, 6) is 0.0447. The van der Waals surface area contributed by atoms with Gasteiger partial charge >= 0.3 is 0 Å². The molecule has 1 fully saturated rings. The van der Waals surface area contributed by atoms with Gasteiger partial charge in [-0.05, 0) is 13.3 Å². The lowest BCUT2D eigenvalue weighted by Gasteiger charge is -2.28. The van der Waals surface area contributed by atoms with Crippen LogP contribution in [0.25, 0.3) is 0 Å². The van der Waals surface area contributed by atoms with E-state index in [0.29, 0.717) is 19.5 Å². The first kappa shape index (κ1) is 17.9. The van der Waals surface area contributed by atoms with Crippen LogP contribution in [0.1, 0.15) is 33.6 Å². The van der Waals surface area contributed by atoms with Crippen molar-refractivity contribution in [2.45, 2.75) is 39.7 Å². The molecule has 1 unspecified atom stereocenters. The maximum absolute atomic E-state index is 11.8. The van der Waals surface area contributed by atoms with Crippen molar-refractivity contribution in [2.24, 2.45) is 0 Å². The first-order valence-electron chi connectivity index (χ1n) is 7.88. The molecule has 1 rings (SSSR count). The van der Waals surface area contributed by atoms with E-state index in [4.69, 9.17) is 4.74 Å². The Labute approximate surface area is 127 Å². The Bertz CT molecular complexity index is 330. The Kier molecular flexibility index (Phi) is 8.30. The quantitative estimate of drug-likeness (QED) is 0.708. The van der Waals surface area contributed by atoms with Crippen LogP contribution in [0.5, 0.6) is 0 Å². The van der Waals surface area contributed by atoms with E-state index in [1.807, 2.05) is 13.8 Å². The van der Waals surface area contributed by atoms with E-state index in [1.54, 1.807) is 11.8 Å². The number of carbonyl (C=O) groups excluding carboxylic acids is 2. The molecule has 0 aromatic carbocycles. The second kappa shape index (κ2) is 9.73. The van der Waals surface area contributed by atoms with E-state index >= 15 is 0 Å². The second-order valence-electron chi connectivity index (χ2n) is 5.52. The summed E-state index contributed by atoms with van der Waals surface area (Å²) in [6, 6.07) is 0.184. The Balaban J connectivity index is 2.18. The third kappa shape index (κ3) is 6.91. The third-order valence-electron chi connectivity index (χ3n) is 3.96. The van der Waals surface area contributed by atoms with Crippen molar-refractivity contribution in [1.29, 1.82) is 0 Å². The van der Waals surface area contributed by atoms with Gasteiger partial charge in [-0.25, -0.2) is 0 Å². The molecule has 1 heterocycles. The van der Waals surface area contributed by atoms with Gasteiger partial charge in [0.15, 0.2) is 0 Å². The molecule has 6 nitrogen and oxygen atoms in total. The van der Waals surface area contributed by atoms with Crippen LogP contribution in [0.4, 0.5) is 0 Å². The lowest BCUT2D eigenvalue weighted by Crippen LogP contribution is -2.42. The molecule has 1 N–H and O–H groups in total. The molecule has 0 bridgehead atoms. The van der Waals surface area contributed by atoms with Crippen molar-refractivity contribution in [2.75, 3.05) is 45.9 Å². The van der Waals surface area contributed by atoms with Gasteiger partial charge in [0.2, 0.25) is 11.8 Å². The maximum Gasteiger partial charge on any atom is 0.221 e. The van der Waals surface area contributed by atoms with Gasteiger partial charge in [-0.2, -0.15) is 0 Å². The molecule has 0 aromatic rings. The minimum absolute atomic E-state index is 0.0119. The molecule has 0 radical (unpaired) electrons. The molecule has 0 saturated carbocycles. The fourth-order valence-electron chi connectivity index (χ4n) is 2.40. The van der Waals surface area contributed by atoms with Crippen molar-refractivity contribution in [3.63, 3.8) is 0 Å². The summed E-state index contributed by atoms with van der Waals surface area (Å²) in [6.45, 7) is 11.0. The fraction of sp³-hybridized carbons (Fsp3) is 0.867. The Morgan fingerprint density at radius 1 is 1.33 bits per heavy atom. The van der Waals surface area contributed by atoms with Crippen molar-refractivity contribution in [3.05, 3.63) is 0 Å². The van der Waals surface area contributed by atoms with Crippen LogP contribution in [0.15, 0.2) is 0 Å². The number of morpholine rings is 1. The van der Waals surface area contributed by atoms with Crippen LogP contribution in [0.3, 0.4) is 0 Å². The lowest BCUT2D eigenvalue weighted by molar-refractivity contribution is -0.131. The van der Waals surface area contributed by atoms with Gasteiger partial charge in [-0.15, -0.1) is 0 Å². The summed E-state index contributed by atoms with van der Waals surface area (Å²) in [5.41, 5.74) is 0. The van der Waals surface area contributed by atoms with Gasteiger partial charge in [0.05, 0.1) is 13.2 Å². The van der Waals surface area contributed by atoms with Gasteiger partial charge in [0, 0.05) is 52.1 Å². The van der Waals surface area contributed by atoms with E-state index in [1.165, 1.54) is 0 Å². The maximum atomic E-state index is 11.8. The van der Waals surface area contributed by atoms with Crippen LogP contribution >= 0.6 is 0 Å². The largest absolute Gasteiger partial charge is 0.379 e. The first-order valence-corrected chi connectivity index (χ1v) is 7.88. The predicted molar refractivity (Wildman–Crippen MR) is 82.0 cm³/mol. The van der Waals surface area contributed by atoms with Gasteiger partial charge in [0.25, 0.3) is 0 Å². The molecule has 6 heteroatoms. The van der Waals surface area contributed by atoms with Gasteiger partial charge in [-0.1, -0.05) is 6.92 Å². The fourth-order valence-corrected chi connectivity index (χ4v) is 2.40. The normalized spacial score (nSPS) is 17.3. The first-order chi connectivity index (χ1) is 10.0. The molecule has 122 valence electrons. The zero-order valence-corrected chi connectivity index (χ0v) is 13.6. The van der Waals surface area contributed by atoms with Crippen molar-refractivity contribution < 1.29 is 14.3 Å². The summed E-state index contributed by atoms with van der Waals surface area (Å²) < 4.78 is 5.28. The topological polar surface area (TPSA) is 61.9 Å². The van der Waals surface area contributed by atoms with E-state index in [-0.39, 0.29) is 17.9 Å². The number of nitrogens with one attached hydrogen (secondary N) is 1. The molecular formula is C15H29N3O3. The lowest BCUT2D eigenvalue weighted by atomic mass is 10.2. The summed E-state index contributed by atoms with van der Waals surface area (Å²) in [6.07, 6.45) is 1.27. The van der Waals surface area contributed by atoms with E-state index in [2.05, 4.69) is 10.2 Å². The van der Waals surface area contributed by atoms with E-state index < -0.39 is 0 Å². The van der Waals surface area contributed by atoms with Crippen LogP contribution in [0, 0.1) is 0 Å². The number of rotatable bonds is 8.